The number of imidazole rings is 1. The third-order valence-corrected chi connectivity index (χ3v) is 3.56. The van der Waals surface area contributed by atoms with Crippen LogP contribution in [-0.4, -0.2) is 29.8 Å². The molecule has 0 saturated heterocycles. The van der Waals surface area contributed by atoms with Gasteiger partial charge in [0, 0.05) is 32.9 Å². The van der Waals surface area contributed by atoms with Crippen molar-refractivity contribution in [1.82, 2.24) is 14.9 Å². The zero-order valence-corrected chi connectivity index (χ0v) is 12.8. The minimum Gasteiger partial charge on any atom is -0.383 e. The Labute approximate surface area is 125 Å². The zero-order valence-electron chi connectivity index (χ0n) is 12.8. The second-order valence-corrected chi connectivity index (χ2v) is 5.12. The van der Waals surface area contributed by atoms with Crippen molar-refractivity contribution in [2.75, 3.05) is 20.3 Å². The van der Waals surface area contributed by atoms with Crippen LogP contribution in [0.1, 0.15) is 22.6 Å². The highest BCUT2D eigenvalue weighted by atomic mass is 19.1. The van der Waals surface area contributed by atoms with Crippen molar-refractivity contribution in [2.24, 2.45) is 0 Å². The molecule has 0 aliphatic heterocycles. The molecule has 1 N–H and O–H groups in total. The number of nitrogens with one attached hydrogen (secondary N) is 1. The van der Waals surface area contributed by atoms with E-state index in [1.165, 1.54) is 6.07 Å². The van der Waals surface area contributed by atoms with Crippen LogP contribution in [0, 0.1) is 19.7 Å². The minimum atomic E-state index is -0.194. The molecular weight excluding hydrogens is 269 g/mol. The minimum absolute atomic E-state index is 0.194. The maximum absolute atomic E-state index is 13.2. The highest BCUT2D eigenvalue weighted by molar-refractivity contribution is 5.27. The third-order valence-electron chi connectivity index (χ3n) is 3.56. The summed E-state index contributed by atoms with van der Waals surface area (Å²) in [6, 6.07) is 4.91. The zero-order chi connectivity index (χ0) is 15.2. The van der Waals surface area contributed by atoms with Gasteiger partial charge in [-0.2, -0.15) is 0 Å². The lowest BCUT2D eigenvalue weighted by molar-refractivity contribution is 0.199. The summed E-state index contributed by atoms with van der Waals surface area (Å²) in [4.78, 5) is 4.38. The number of aromatic nitrogens is 2. The van der Waals surface area contributed by atoms with Crippen molar-refractivity contribution in [3.05, 3.63) is 52.9 Å². The Hall–Kier alpha value is -1.72. The van der Waals surface area contributed by atoms with E-state index in [-0.39, 0.29) is 5.82 Å². The molecule has 0 spiro atoms. The molecule has 5 heteroatoms. The second-order valence-electron chi connectivity index (χ2n) is 5.12. The van der Waals surface area contributed by atoms with Gasteiger partial charge in [-0.25, -0.2) is 9.37 Å². The maximum atomic E-state index is 13.2. The smallest absolute Gasteiger partial charge is 0.123 e. The molecule has 0 unspecified atom stereocenters. The fourth-order valence-electron chi connectivity index (χ4n) is 2.27. The molecule has 1 heterocycles. The van der Waals surface area contributed by atoms with E-state index in [0.29, 0.717) is 13.2 Å². The predicted molar refractivity (Wildman–Crippen MR) is 80.8 cm³/mol. The van der Waals surface area contributed by atoms with Gasteiger partial charge >= 0.3 is 0 Å². The van der Waals surface area contributed by atoms with Crippen LogP contribution in [0.4, 0.5) is 4.39 Å². The highest BCUT2D eigenvalue weighted by Crippen LogP contribution is 2.14. The molecule has 0 radical (unpaired) electrons. The number of hydrogen-bond donors (Lipinski definition) is 1. The van der Waals surface area contributed by atoms with Gasteiger partial charge in [0.1, 0.15) is 11.6 Å². The fourth-order valence-corrected chi connectivity index (χ4v) is 2.27. The first-order chi connectivity index (χ1) is 10.1. The lowest BCUT2D eigenvalue weighted by Gasteiger charge is -2.13. The highest BCUT2D eigenvalue weighted by Gasteiger charge is 2.09. The summed E-state index contributed by atoms with van der Waals surface area (Å²) in [5.41, 5.74) is 3.18. The lowest BCUT2D eigenvalue weighted by atomic mass is 10.1. The Morgan fingerprint density at radius 3 is 2.86 bits per heavy atom. The molecule has 4 nitrogen and oxygen atoms in total. The topological polar surface area (TPSA) is 39.1 Å². The summed E-state index contributed by atoms with van der Waals surface area (Å²) in [5.74, 6) is 0.766. The van der Waals surface area contributed by atoms with Crippen molar-refractivity contribution in [2.45, 2.75) is 26.9 Å². The molecule has 0 bridgehead atoms. The molecule has 0 aliphatic carbocycles. The average Bonchev–Trinajstić information content (AvgIpc) is 2.79. The Morgan fingerprint density at radius 2 is 2.14 bits per heavy atom. The normalized spacial score (nSPS) is 11.0. The Morgan fingerprint density at radius 1 is 1.33 bits per heavy atom. The van der Waals surface area contributed by atoms with Crippen LogP contribution < -0.4 is 5.32 Å². The van der Waals surface area contributed by atoms with E-state index in [4.69, 9.17) is 4.74 Å². The second kappa shape index (κ2) is 7.33. The van der Waals surface area contributed by atoms with Crippen molar-refractivity contribution in [1.29, 1.82) is 0 Å². The monoisotopic (exact) mass is 291 g/mol. The molecule has 2 rings (SSSR count). The van der Waals surface area contributed by atoms with E-state index in [1.807, 2.05) is 26.1 Å². The Bertz CT molecular complexity index is 595. The summed E-state index contributed by atoms with van der Waals surface area (Å²) < 4.78 is 20.4. The molecular formula is C16H22FN3O. The molecule has 0 atom stereocenters. The number of hydrogen-bond acceptors (Lipinski definition) is 3. The van der Waals surface area contributed by atoms with E-state index in [9.17, 15) is 4.39 Å². The van der Waals surface area contributed by atoms with Crippen molar-refractivity contribution in [3.63, 3.8) is 0 Å². The van der Waals surface area contributed by atoms with Crippen LogP contribution >= 0.6 is 0 Å². The Kier molecular flexibility index (Phi) is 5.47. The molecule has 0 saturated carbocycles. The molecule has 0 amide bonds. The number of nitrogens with zero attached hydrogens (tertiary/aromatic N) is 2. The van der Waals surface area contributed by atoms with Crippen LogP contribution in [0.15, 0.2) is 24.4 Å². The number of aryl methyl sites for hydroxylation is 2. The number of ether oxygens (including phenoxy) is 1. The van der Waals surface area contributed by atoms with Gasteiger partial charge in [-0.15, -0.1) is 0 Å². The summed E-state index contributed by atoms with van der Waals surface area (Å²) in [7, 11) is 1.69. The van der Waals surface area contributed by atoms with Crippen molar-refractivity contribution >= 4 is 0 Å². The first kappa shape index (κ1) is 15.7. The quantitative estimate of drug-likeness (QED) is 0.796. The molecule has 0 fully saturated rings. The van der Waals surface area contributed by atoms with Crippen LogP contribution in [0.3, 0.4) is 0 Å². The maximum Gasteiger partial charge on any atom is 0.123 e. The molecule has 114 valence electrons. The van der Waals surface area contributed by atoms with Gasteiger partial charge in [0.25, 0.3) is 0 Å². The van der Waals surface area contributed by atoms with Crippen molar-refractivity contribution in [3.8, 4) is 0 Å². The van der Waals surface area contributed by atoms with Crippen molar-refractivity contribution < 1.29 is 9.13 Å². The van der Waals surface area contributed by atoms with E-state index < -0.39 is 0 Å². The number of benzene rings is 1. The van der Waals surface area contributed by atoms with Gasteiger partial charge in [0.15, 0.2) is 0 Å². The Balaban J connectivity index is 2.10. The van der Waals surface area contributed by atoms with Gasteiger partial charge in [0.2, 0.25) is 0 Å². The van der Waals surface area contributed by atoms with E-state index >= 15 is 0 Å². The van der Waals surface area contributed by atoms with Gasteiger partial charge in [0.05, 0.1) is 12.3 Å². The lowest BCUT2D eigenvalue weighted by Crippen LogP contribution is -2.21. The molecule has 2 aromatic rings. The molecule has 1 aromatic heterocycles. The van der Waals surface area contributed by atoms with Crippen LogP contribution in [0.25, 0.3) is 0 Å². The summed E-state index contributed by atoms with van der Waals surface area (Å²) in [5, 5.41) is 3.32. The van der Waals surface area contributed by atoms with E-state index in [1.54, 1.807) is 13.2 Å². The predicted octanol–water partition coefficient (Wildman–Crippen LogP) is 2.42. The van der Waals surface area contributed by atoms with Gasteiger partial charge in [-0.05, 0) is 37.1 Å². The SMILES string of the molecule is COCCNCc1cnc(C)n1Cc1ccc(F)cc1C. The number of rotatable bonds is 7. The van der Waals surface area contributed by atoms with Gasteiger partial charge < -0.3 is 14.6 Å². The third kappa shape index (κ3) is 4.12. The number of methoxy groups -OCH3 is 1. The van der Waals surface area contributed by atoms with Crippen LogP contribution in [0.2, 0.25) is 0 Å². The van der Waals surface area contributed by atoms with Crippen LogP contribution in [0.5, 0.6) is 0 Å². The molecule has 0 aliphatic rings. The van der Waals surface area contributed by atoms with Gasteiger partial charge in [-0.1, -0.05) is 6.07 Å². The summed E-state index contributed by atoms with van der Waals surface area (Å²) in [6.07, 6.45) is 1.88. The summed E-state index contributed by atoms with van der Waals surface area (Å²) in [6.45, 7) is 6.85. The fraction of sp³-hybridized carbons (Fsp3) is 0.438. The van der Waals surface area contributed by atoms with Crippen LogP contribution in [-0.2, 0) is 17.8 Å². The van der Waals surface area contributed by atoms with E-state index in [0.717, 1.165) is 35.7 Å². The largest absolute Gasteiger partial charge is 0.383 e. The molecule has 1 aromatic carbocycles. The molecule has 21 heavy (non-hydrogen) atoms. The first-order valence-electron chi connectivity index (χ1n) is 7.07. The van der Waals surface area contributed by atoms with Gasteiger partial charge in [-0.3, -0.25) is 0 Å². The standard InChI is InChI=1S/C16H22FN3O/c1-12-8-15(17)5-4-14(12)11-20-13(2)19-10-16(20)9-18-6-7-21-3/h4-5,8,10,18H,6-7,9,11H2,1-3H3. The van der Waals surface area contributed by atoms with E-state index in [2.05, 4.69) is 14.9 Å². The first-order valence-corrected chi connectivity index (χ1v) is 7.07. The number of halogens is 1. The summed E-state index contributed by atoms with van der Waals surface area (Å²) >= 11 is 0. The average molecular weight is 291 g/mol.